The number of amides is 3. The molecule has 2 aliphatic heterocycles. The third kappa shape index (κ3) is 4.79. The molecule has 1 saturated carbocycles. The lowest BCUT2D eigenvalue weighted by atomic mass is 9.85. The molecule has 0 unspecified atom stereocenters. The summed E-state index contributed by atoms with van der Waals surface area (Å²) in [6, 6.07) is 13.2. The first kappa shape index (κ1) is 23.5. The van der Waals surface area contributed by atoms with Crippen molar-refractivity contribution in [3.8, 4) is 0 Å². The van der Waals surface area contributed by atoms with Crippen LogP contribution in [0.5, 0.6) is 0 Å². The Kier molecular flexibility index (Phi) is 6.79. The summed E-state index contributed by atoms with van der Waals surface area (Å²) in [7, 11) is 0. The maximum atomic E-state index is 13.8. The van der Waals surface area contributed by atoms with Gasteiger partial charge in [-0.05, 0) is 55.9 Å². The number of carbonyl (C=O) groups excluding carboxylic acids is 3. The Bertz CT molecular complexity index is 1020. The van der Waals surface area contributed by atoms with Gasteiger partial charge in [-0.25, -0.2) is 0 Å². The van der Waals surface area contributed by atoms with Crippen molar-refractivity contribution in [2.24, 2.45) is 5.92 Å². The van der Waals surface area contributed by atoms with E-state index in [1.54, 1.807) is 21.9 Å². The number of piperidine rings is 1. The van der Waals surface area contributed by atoms with E-state index in [-0.39, 0.29) is 24.3 Å². The van der Waals surface area contributed by atoms with Gasteiger partial charge in [0.2, 0.25) is 5.91 Å². The number of hydrogen-bond acceptors (Lipinski definition) is 5. The van der Waals surface area contributed by atoms with Crippen LogP contribution in [0.25, 0.3) is 0 Å². The van der Waals surface area contributed by atoms with Gasteiger partial charge < -0.3 is 24.4 Å². The normalized spacial score (nSPS) is 20.5. The van der Waals surface area contributed by atoms with E-state index in [0.29, 0.717) is 50.8 Å². The first-order chi connectivity index (χ1) is 17.1. The van der Waals surface area contributed by atoms with Gasteiger partial charge in [0.1, 0.15) is 12.1 Å². The molecular formula is C27H34N4O4. The van der Waals surface area contributed by atoms with E-state index in [4.69, 9.17) is 4.42 Å². The number of hydrogen-bond donors (Lipinski definition) is 1. The summed E-state index contributed by atoms with van der Waals surface area (Å²) < 4.78 is 5.28. The second-order valence-corrected chi connectivity index (χ2v) is 10.0. The van der Waals surface area contributed by atoms with Crippen LogP contribution in [-0.4, -0.2) is 65.9 Å². The number of para-hydroxylation sites is 1. The molecule has 3 heterocycles. The van der Waals surface area contributed by atoms with Crippen LogP contribution in [0.15, 0.2) is 53.1 Å². The Labute approximate surface area is 206 Å². The van der Waals surface area contributed by atoms with Gasteiger partial charge in [-0.3, -0.25) is 14.4 Å². The maximum absolute atomic E-state index is 13.8. The highest BCUT2D eigenvalue weighted by Crippen LogP contribution is 2.39. The molecule has 1 aromatic carbocycles. The molecule has 1 aliphatic carbocycles. The average molecular weight is 479 g/mol. The van der Waals surface area contributed by atoms with Crippen molar-refractivity contribution >= 4 is 23.4 Å². The number of rotatable bonds is 6. The van der Waals surface area contributed by atoms with E-state index < -0.39 is 5.54 Å². The van der Waals surface area contributed by atoms with Gasteiger partial charge in [-0.2, -0.15) is 0 Å². The van der Waals surface area contributed by atoms with Crippen LogP contribution in [-0.2, 0) is 9.59 Å². The van der Waals surface area contributed by atoms with Crippen LogP contribution in [0.1, 0.15) is 55.5 Å². The smallest absolute Gasteiger partial charge is 0.289 e. The molecule has 1 spiro atoms. The molecule has 3 amide bonds. The monoisotopic (exact) mass is 478 g/mol. The van der Waals surface area contributed by atoms with Crippen LogP contribution >= 0.6 is 0 Å². The van der Waals surface area contributed by atoms with Crippen molar-refractivity contribution in [2.45, 2.75) is 50.5 Å². The predicted octanol–water partition coefficient (Wildman–Crippen LogP) is 3.26. The number of nitrogens with one attached hydrogen (secondary N) is 1. The minimum absolute atomic E-state index is 0.0285. The molecule has 2 saturated heterocycles. The molecule has 8 nitrogen and oxygen atoms in total. The van der Waals surface area contributed by atoms with Crippen LogP contribution in [0.2, 0.25) is 0 Å². The van der Waals surface area contributed by atoms with Gasteiger partial charge in [0, 0.05) is 25.3 Å². The van der Waals surface area contributed by atoms with Gasteiger partial charge in [-0.1, -0.05) is 37.5 Å². The van der Waals surface area contributed by atoms with Crippen molar-refractivity contribution in [3.63, 3.8) is 0 Å². The molecule has 0 atom stereocenters. The lowest BCUT2D eigenvalue weighted by molar-refractivity contribution is -0.137. The summed E-state index contributed by atoms with van der Waals surface area (Å²) in [5, 5.41) is 3.07. The number of likely N-dealkylation sites (tertiary alicyclic amines) is 1. The fourth-order valence-electron chi connectivity index (χ4n) is 5.84. The molecule has 8 heteroatoms. The standard InChI is InChI=1S/C27H34N4O4/c32-24(28-18-21-8-3-1-4-9-21)19-30-20-31(22-10-5-2-6-11-22)27(26(30)34)13-15-29(16-14-27)25(33)23-12-7-17-35-23/h2,5-7,10-12,17,21H,1,3-4,8-9,13-16,18-20H2,(H,28,32). The van der Waals surface area contributed by atoms with E-state index in [1.807, 2.05) is 30.3 Å². The molecule has 5 rings (SSSR count). The third-order valence-corrected chi connectivity index (χ3v) is 7.84. The maximum Gasteiger partial charge on any atom is 0.289 e. The highest BCUT2D eigenvalue weighted by molar-refractivity contribution is 5.97. The van der Waals surface area contributed by atoms with Gasteiger partial charge in [0.05, 0.1) is 12.9 Å². The third-order valence-electron chi connectivity index (χ3n) is 7.84. The summed E-state index contributed by atoms with van der Waals surface area (Å²) in [6.45, 7) is 2.03. The second kappa shape index (κ2) is 10.1. The summed E-state index contributed by atoms with van der Waals surface area (Å²) in [6.07, 6.45) is 8.60. The number of benzene rings is 1. The lowest BCUT2D eigenvalue weighted by Gasteiger charge is -2.43. The van der Waals surface area contributed by atoms with Crippen molar-refractivity contribution in [2.75, 3.05) is 37.7 Å². The minimum atomic E-state index is -0.759. The van der Waals surface area contributed by atoms with E-state index in [1.165, 1.54) is 38.4 Å². The van der Waals surface area contributed by atoms with Crippen molar-refractivity contribution in [1.29, 1.82) is 0 Å². The number of anilines is 1. The molecule has 186 valence electrons. The Hall–Kier alpha value is -3.29. The summed E-state index contributed by atoms with van der Waals surface area (Å²) in [5.41, 5.74) is 0.196. The van der Waals surface area contributed by atoms with Gasteiger partial charge in [-0.15, -0.1) is 0 Å². The van der Waals surface area contributed by atoms with Crippen LogP contribution in [0.3, 0.4) is 0 Å². The minimum Gasteiger partial charge on any atom is -0.459 e. The fourth-order valence-corrected chi connectivity index (χ4v) is 5.84. The van der Waals surface area contributed by atoms with Gasteiger partial charge in [0.25, 0.3) is 11.8 Å². The molecule has 1 N–H and O–H groups in total. The van der Waals surface area contributed by atoms with Crippen LogP contribution in [0.4, 0.5) is 5.69 Å². The molecule has 1 aromatic heterocycles. The molecule has 0 bridgehead atoms. The van der Waals surface area contributed by atoms with E-state index in [0.717, 1.165) is 5.69 Å². The predicted molar refractivity (Wildman–Crippen MR) is 132 cm³/mol. The molecule has 0 radical (unpaired) electrons. The zero-order valence-electron chi connectivity index (χ0n) is 20.2. The lowest BCUT2D eigenvalue weighted by Crippen LogP contribution is -2.57. The largest absolute Gasteiger partial charge is 0.459 e. The first-order valence-electron chi connectivity index (χ1n) is 12.8. The van der Waals surface area contributed by atoms with E-state index in [9.17, 15) is 14.4 Å². The summed E-state index contributed by atoms with van der Waals surface area (Å²) in [4.78, 5) is 44.9. The van der Waals surface area contributed by atoms with Crippen LogP contribution < -0.4 is 10.2 Å². The Morgan fingerprint density at radius 2 is 1.74 bits per heavy atom. The van der Waals surface area contributed by atoms with Gasteiger partial charge >= 0.3 is 0 Å². The second-order valence-electron chi connectivity index (χ2n) is 10.0. The Morgan fingerprint density at radius 3 is 2.43 bits per heavy atom. The topological polar surface area (TPSA) is 86.1 Å². The SMILES string of the molecule is O=C(CN1CN(c2ccccc2)C2(CCN(C(=O)c3ccco3)CC2)C1=O)NCC1CCCCC1. The quantitative estimate of drug-likeness (QED) is 0.689. The van der Waals surface area contributed by atoms with Crippen molar-refractivity contribution in [1.82, 2.24) is 15.1 Å². The molecule has 3 fully saturated rings. The van der Waals surface area contributed by atoms with Crippen molar-refractivity contribution in [3.05, 3.63) is 54.5 Å². The molecule has 35 heavy (non-hydrogen) atoms. The number of carbonyl (C=O) groups is 3. The van der Waals surface area contributed by atoms with E-state index in [2.05, 4.69) is 10.2 Å². The van der Waals surface area contributed by atoms with Crippen LogP contribution in [0, 0.1) is 5.92 Å². The summed E-state index contributed by atoms with van der Waals surface area (Å²) in [5.74, 6) is 0.583. The van der Waals surface area contributed by atoms with Crippen molar-refractivity contribution < 1.29 is 18.8 Å². The Balaban J connectivity index is 1.28. The molecule has 3 aliphatic rings. The van der Waals surface area contributed by atoms with Gasteiger partial charge in [0.15, 0.2) is 5.76 Å². The zero-order chi connectivity index (χ0) is 24.3. The highest BCUT2D eigenvalue weighted by Gasteiger charge is 2.54. The average Bonchev–Trinajstić information content (AvgIpc) is 3.53. The number of nitrogens with zero attached hydrogens (tertiary/aromatic N) is 3. The highest BCUT2D eigenvalue weighted by atomic mass is 16.3. The zero-order valence-corrected chi connectivity index (χ0v) is 20.2. The number of furan rings is 1. The fraction of sp³-hybridized carbons (Fsp3) is 0.519. The Morgan fingerprint density at radius 1 is 1.00 bits per heavy atom. The first-order valence-corrected chi connectivity index (χ1v) is 12.8. The van der Waals surface area contributed by atoms with E-state index >= 15 is 0 Å². The molecule has 2 aromatic rings. The molecular weight excluding hydrogens is 444 g/mol. The summed E-state index contributed by atoms with van der Waals surface area (Å²) >= 11 is 0.